The van der Waals surface area contributed by atoms with Crippen LogP contribution >= 0.6 is 0 Å². The van der Waals surface area contributed by atoms with Crippen LogP contribution < -0.4 is 35.2 Å². The molecule has 3 amide bonds. The van der Waals surface area contributed by atoms with Gasteiger partial charge in [0.15, 0.2) is 0 Å². The first-order chi connectivity index (χ1) is 23.4. The molecular weight excluding hydrogens is 614 g/mol. The van der Waals surface area contributed by atoms with Gasteiger partial charge in [-0.25, -0.2) is 19.7 Å². The van der Waals surface area contributed by atoms with Crippen LogP contribution in [0.2, 0.25) is 0 Å². The van der Waals surface area contributed by atoms with Crippen molar-refractivity contribution in [3.05, 3.63) is 77.6 Å². The molecule has 14 heteroatoms. The monoisotopic (exact) mass is 653 g/mol. The molecule has 0 atom stereocenters. The molecule has 0 saturated carbocycles. The van der Waals surface area contributed by atoms with Crippen LogP contribution in [0.5, 0.6) is 11.5 Å². The van der Waals surface area contributed by atoms with Gasteiger partial charge >= 0.3 is 6.03 Å². The summed E-state index contributed by atoms with van der Waals surface area (Å²) in [6, 6.07) is 15.5. The van der Waals surface area contributed by atoms with Crippen LogP contribution in [0.1, 0.15) is 23.1 Å². The van der Waals surface area contributed by atoms with E-state index < -0.39 is 5.91 Å². The first kappa shape index (κ1) is 32.4. The molecule has 2 aliphatic rings. The molecule has 2 aromatic carbocycles. The van der Waals surface area contributed by atoms with E-state index in [1.807, 2.05) is 48.5 Å². The van der Waals surface area contributed by atoms with Gasteiger partial charge in [-0.15, -0.1) is 0 Å². The molecule has 48 heavy (non-hydrogen) atoms. The van der Waals surface area contributed by atoms with E-state index in [1.54, 1.807) is 31.5 Å². The zero-order valence-electron chi connectivity index (χ0n) is 27.1. The van der Waals surface area contributed by atoms with Crippen molar-refractivity contribution in [2.45, 2.75) is 25.9 Å². The van der Waals surface area contributed by atoms with E-state index in [1.165, 1.54) is 0 Å². The van der Waals surface area contributed by atoms with Crippen molar-refractivity contribution >= 4 is 29.7 Å². The Labute approximate surface area is 278 Å². The third-order valence-corrected chi connectivity index (χ3v) is 8.26. The fourth-order valence-corrected chi connectivity index (χ4v) is 5.68. The van der Waals surface area contributed by atoms with Gasteiger partial charge in [0.25, 0.3) is 0 Å². The third-order valence-electron chi connectivity index (χ3n) is 8.26. The first-order valence-electron chi connectivity index (χ1n) is 15.8. The number of fused-ring (bicyclic) bond motifs is 1. The Kier molecular flexibility index (Phi) is 10.1. The van der Waals surface area contributed by atoms with Crippen LogP contribution in [0.15, 0.2) is 60.9 Å². The number of anilines is 3. The van der Waals surface area contributed by atoms with Crippen LogP contribution in [0, 0.1) is 0 Å². The summed E-state index contributed by atoms with van der Waals surface area (Å²) in [6.07, 6.45) is 4.16. The molecule has 3 N–H and O–H groups in total. The second-order valence-corrected chi connectivity index (χ2v) is 11.4. The molecular formula is C34H39N9O5. The van der Waals surface area contributed by atoms with Crippen LogP contribution in [0.25, 0.3) is 11.3 Å². The van der Waals surface area contributed by atoms with Crippen molar-refractivity contribution in [3.8, 4) is 22.8 Å². The smallest absolute Gasteiger partial charge is 0.323 e. The van der Waals surface area contributed by atoms with Crippen LogP contribution in [0.4, 0.5) is 22.5 Å². The summed E-state index contributed by atoms with van der Waals surface area (Å²) in [7, 11) is 3.30. The molecule has 1 saturated heterocycles. The molecule has 0 unspecified atom stereocenters. The number of carbonyl (C=O) groups excluding carboxylic acids is 2. The van der Waals surface area contributed by atoms with E-state index in [-0.39, 0.29) is 19.0 Å². The number of urea groups is 1. The maximum atomic E-state index is 13.1. The average Bonchev–Trinajstić information content (AvgIpc) is 3.56. The zero-order chi connectivity index (χ0) is 33.5. The topological polar surface area (TPSA) is 161 Å². The Hall–Kier alpha value is -5.50. The molecule has 0 spiro atoms. The normalized spacial score (nSPS) is 14.0. The summed E-state index contributed by atoms with van der Waals surface area (Å²) in [5.74, 6) is 2.69. The highest BCUT2D eigenvalue weighted by Gasteiger charge is 2.32. The van der Waals surface area contributed by atoms with E-state index in [9.17, 15) is 9.59 Å². The quantitative estimate of drug-likeness (QED) is 0.231. The van der Waals surface area contributed by atoms with E-state index >= 15 is 0 Å². The number of amides is 3. The Bertz CT molecular complexity index is 1660. The average molecular weight is 654 g/mol. The summed E-state index contributed by atoms with van der Waals surface area (Å²) < 4.78 is 16.2. The van der Waals surface area contributed by atoms with Gasteiger partial charge in [0.2, 0.25) is 17.8 Å². The van der Waals surface area contributed by atoms with Crippen molar-refractivity contribution < 1.29 is 23.8 Å². The van der Waals surface area contributed by atoms with Crippen molar-refractivity contribution in [1.82, 2.24) is 25.3 Å². The Morgan fingerprint density at radius 1 is 0.896 bits per heavy atom. The van der Waals surface area contributed by atoms with Gasteiger partial charge < -0.3 is 35.1 Å². The van der Waals surface area contributed by atoms with Crippen LogP contribution in [-0.2, 0) is 29.0 Å². The molecule has 14 nitrogen and oxygen atoms in total. The Balaban J connectivity index is 1.31. The van der Waals surface area contributed by atoms with Gasteiger partial charge in [-0.1, -0.05) is 24.3 Å². The molecule has 0 radical (unpaired) electrons. The molecule has 4 aromatic rings. The SMILES string of the molecule is COc1ccc(CN(Cc2ccc(OC)cc2)c2ncc(-c3nc(N4CCOCC4)nc4c3CCN4C(=O)NCCC(N)=O)cn2)cc1. The number of hydrogen-bond donors (Lipinski definition) is 2. The predicted molar refractivity (Wildman–Crippen MR) is 180 cm³/mol. The second-order valence-electron chi connectivity index (χ2n) is 11.4. The minimum Gasteiger partial charge on any atom is -0.497 e. The number of aromatic nitrogens is 4. The van der Waals surface area contributed by atoms with Gasteiger partial charge in [-0.3, -0.25) is 9.69 Å². The van der Waals surface area contributed by atoms with Gasteiger partial charge in [0.1, 0.15) is 17.3 Å². The van der Waals surface area contributed by atoms with Crippen molar-refractivity contribution in [2.75, 3.05) is 68.3 Å². The van der Waals surface area contributed by atoms with Crippen molar-refractivity contribution in [3.63, 3.8) is 0 Å². The number of nitrogens with two attached hydrogens (primary N) is 1. The van der Waals surface area contributed by atoms with Gasteiger partial charge in [0.05, 0.1) is 33.1 Å². The number of rotatable bonds is 12. The third kappa shape index (κ3) is 7.55. The molecule has 6 rings (SSSR count). The lowest BCUT2D eigenvalue weighted by Gasteiger charge is -2.28. The maximum Gasteiger partial charge on any atom is 0.323 e. The maximum absolute atomic E-state index is 13.1. The van der Waals surface area contributed by atoms with Crippen molar-refractivity contribution in [2.24, 2.45) is 5.73 Å². The minimum absolute atomic E-state index is 0.0537. The van der Waals surface area contributed by atoms with Crippen molar-refractivity contribution in [1.29, 1.82) is 0 Å². The van der Waals surface area contributed by atoms with Gasteiger partial charge in [-0.05, 0) is 41.8 Å². The lowest BCUT2D eigenvalue weighted by molar-refractivity contribution is -0.117. The molecule has 1 fully saturated rings. The molecule has 2 aliphatic heterocycles. The molecule has 250 valence electrons. The predicted octanol–water partition coefficient (Wildman–Crippen LogP) is 2.94. The Morgan fingerprint density at radius 3 is 2.06 bits per heavy atom. The number of morpholine rings is 1. The highest BCUT2D eigenvalue weighted by Crippen LogP contribution is 2.36. The summed E-state index contributed by atoms with van der Waals surface area (Å²) in [5.41, 5.74) is 9.65. The highest BCUT2D eigenvalue weighted by molar-refractivity contribution is 5.94. The zero-order valence-corrected chi connectivity index (χ0v) is 27.1. The lowest BCUT2D eigenvalue weighted by Crippen LogP contribution is -2.41. The van der Waals surface area contributed by atoms with Crippen LogP contribution in [0.3, 0.4) is 0 Å². The minimum atomic E-state index is -0.480. The number of primary amides is 1. The van der Waals surface area contributed by atoms with Gasteiger partial charge in [-0.2, -0.15) is 4.98 Å². The van der Waals surface area contributed by atoms with E-state index in [2.05, 4.69) is 15.1 Å². The van der Waals surface area contributed by atoms with Gasteiger partial charge in [0, 0.05) is 69.2 Å². The fraction of sp³-hybridized carbons (Fsp3) is 0.353. The summed E-state index contributed by atoms with van der Waals surface area (Å²) >= 11 is 0. The second kappa shape index (κ2) is 14.9. The number of carbonyl (C=O) groups is 2. The largest absolute Gasteiger partial charge is 0.497 e. The molecule has 0 aliphatic carbocycles. The van der Waals surface area contributed by atoms with E-state index in [0.717, 1.165) is 33.8 Å². The number of hydrogen-bond acceptors (Lipinski definition) is 11. The Morgan fingerprint density at radius 2 is 1.50 bits per heavy atom. The first-order valence-corrected chi connectivity index (χ1v) is 15.8. The summed E-state index contributed by atoms with van der Waals surface area (Å²) in [4.78, 5) is 49.6. The number of nitrogens with zero attached hydrogens (tertiary/aromatic N) is 7. The number of benzene rings is 2. The fourth-order valence-electron chi connectivity index (χ4n) is 5.68. The lowest BCUT2D eigenvalue weighted by atomic mass is 10.1. The van der Waals surface area contributed by atoms with Crippen LogP contribution in [-0.4, -0.2) is 85.5 Å². The standard InChI is InChI=1S/C34H39N9O5/c1-46-26-7-3-23(4-8-26)21-42(22-24-5-9-27(47-2)10-6-24)32-37-19-25(20-38-32)30-28-12-14-43(34(45)36-13-11-29(35)44)31(28)40-33(39-30)41-15-17-48-18-16-41/h3-10,19-20H,11-18,21-22H2,1-2H3,(H2,35,44)(H,36,45). The molecule has 0 bridgehead atoms. The highest BCUT2D eigenvalue weighted by atomic mass is 16.5. The number of ether oxygens (including phenoxy) is 3. The summed E-state index contributed by atoms with van der Waals surface area (Å²) in [6.45, 7) is 4.08. The van der Waals surface area contributed by atoms with E-state index in [0.29, 0.717) is 75.8 Å². The molecule has 4 heterocycles. The number of methoxy groups -OCH3 is 2. The summed E-state index contributed by atoms with van der Waals surface area (Å²) in [5, 5.41) is 2.78. The number of nitrogens with one attached hydrogen (secondary N) is 1. The van der Waals surface area contributed by atoms with E-state index in [4.69, 9.17) is 39.9 Å². The molecule has 2 aromatic heterocycles.